The number of piperidine rings is 1. The van der Waals surface area contributed by atoms with Gasteiger partial charge in [-0.05, 0) is 62.9 Å². The van der Waals surface area contributed by atoms with E-state index in [0.29, 0.717) is 11.3 Å². The van der Waals surface area contributed by atoms with E-state index in [1.807, 2.05) is 0 Å². The van der Waals surface area contributed by atoms with Crippen LogP contribution in [0.5, 0.6) is 0 Å². The summed E-state index contributed by atoms with van der Waals surface area (Å²) < 4.78 is 6.05. The monoisotopic (exact) mass is 320 g/mol. The van der Waals surface area contributed by atoms with Gasteiger partial charge in [0.05, 0.1) is 6.61 Å². The lowest BCUT2D eigenvalue weighted by atomic mass is 9.70. The largest absolute Gasteiger partial charge is 0.381 e. The normalized spacial score (nSPS) is 31.5. The van der Waals surface area contributed by atoms with Crippen LogP contribution in [0.15, 0.2) is 0 Å². The molecule has 4 heteroatoms. The van der Waals surface area contributed by atoms with Crippen molar-refractivity contribution in [2.75, 3.05) is 39.4 Å². The molecular formula is C19H32N2O2. The molecule has 4 fully saturated rings. The number of rotatable bonds is 5. The molecule has 4 rings (SSSR count). The van der Waals surface area contributed by atoms with Crippen molar-refractivity contribution in [1.82, 2.24) is 9.80 Å². The Morgan fingerprint density at radius 2 is 1.87 bits per heavy atom. The molecule has 1 unspecified atom stereocenters. The van der Waals surface area contributed by atoms with Gasteiger partial charge >= 0.3 is 0 Å². The van der Waals surface area contributed by atoms with Crippen LogP contribution in [0, 0.1) is 17.3 Å². The van der Waals surface area contributed by atoms with Crippen molar-refractivity contribution in [3.8, 4) is 0 Å². The average molecular weight is 320 g/mol. The van der Waals surface area contributed by atoms with E-state index >= 15 is 0 Å². The molecule has 4 aliphatic rings. The van der Waals surface area contributed by atoms with Gasteiger partial charge in [-0.25, -0.2) is 0 Å². The highest BCUT2D eigenvalue weighted by molar-refractivity contribution is 5.73. The fourth-order valence-electron chi connectivity index (χ4n) is 4.82. The molecule has 0 N–H and O–H groups in total. The van der Waals surface area contributed by atoms with Crippen molar-refractivity contribution in [3.05, 3.63) is 0 Å². The van der Waals surface area contributed by atoms with Crippen LogP contribution < -0.4 is 0 Å². The van der Waals surface area contributed by atoms with Crippen LogP contribution in [-0.2, 0) is 9.53 Å². The van der Waals surface area contributed by atoms with Crippen molar-refractivity contribution in [3.63, 3.8) is 0 Å². The summed E-state index contributed by atoms with van der Waals surface area (Å²) in [5, 5.41) is 0. The summed E-state index contributed by atoms with van der Waals surface area (Å²) in [6.07, 6.45) is 9.44. The first-order chi connectivity index (χ1) is 11.2. The predicted octanol–water partition coefficient (Wildman–Crippen LogP) is 2.53. The first kappa shape index (κ1) is 15.9. The first-order valence-electron chi connectivity index (χ1n) is 9.74. The van der Waals surface area contributed by atoms with E-state index in [4.69, 9.17) is 4.74 Å². The van der Waals surface area contributed by atoms with Crippen molar-refractivity contribution in [2.45, 2.75) is 57.9 Å². The Balaban J connectivity index is 1.37. The summed E-state index contributed by atoms with van der Waals surface area (Å²) >= 11 is 0. The maximum absolute atomic E-state index is 11.9. The number of carbonyl (C=O) groups excluding carboxylic acids is 1. The third-order valence-electron chi connectivity index (χ3n) is 7.01. The molecule has 23 heavy (non-hydrogen) atoms. The van der Waals surface area contributed by atoms with Crippen molar-refractivity contribution in [2.24, 2.45) is 17.3 Å². The molecule has 1 spiro atoms. The zero-order valence-corrected chi connectivity index (χ0v) is 14.6. The highest BCUT2D eigenvalue weighted by atomic mass is 16.5. The lowest BCUT2D eigenvalue weighted by Gasteiger charge is -2.47. The van der Waals surface area contributed by atoms with Crippen LogP contribution >= 0.6 is 0 Å². The molecule has 2 saturated heterocycles. The summed E-state index contributed by atoms with van der Waals surface area (Å²) in [5.41, 5.74) is 0.329. The Kier molecular flexibility index (Phi) is 4.39. The van der Waals surface area contributed by atoms with Gasteiger partial charge in [0.15, 0.2) is 0 Å². The van der Waals surface area contributed by atoms with Crippen molar-refractivity contribution < 1.29 is 9.53 Å². The van der Waals surface area contributed by atoms with E-state index < -0.39 is 0 Å². The number of carbonyl (C=O) groups is 1. The molecule has 2 heterocycles. The average Bonchev–Trinajstić information content (AvgIpc) is 3.23. The summed E-state index contributed by atoms with van der Waals surface area (Å²) in [7, 11) is 0. The summed E-state index contributed by atoms with van der Waals surface area (Å²) in [4.78, 5) is 16.7. The molecule has 1 atom stereocenters. The minimum atomic E-state index is 0.246. The minimum absolute atomic E-state index is 0.246. The highest BCUT2D eigenvalue weighted by Crippen LogP contribution is 2.46. The highest BCUT2D eigenvalue weighted by Gasteiger charge is 2.49. The van der Waals surface area contributed by atoms with Gasteiger partial charge in [0.2, 0.25) is 5.91 Å². The van der Waals surface area contributed by atoms with Crippen molar-refractivity contribution >= 4 is 5.91 Å². The van der Waals surface area contributed by atoms with E-state index in [2.05, 4.69) is 9.80 Å². The molecule has 0 aromatic carbocycles. The Morgan fingerprint density at radius 3 is 2.43 bits per heavy atom. The Hall–Kier alpha value is -0.610. The standard InChI is InChI=1S/C19H32N2O2/c1-15(22)21-11-17(13-23-12-16-5-6-16)19(14-21)7-9-20(10-8-19)18-3-2-4-18/h16-18H,2-14H2,1H3. The van der Waals surface area contributed by atoms with E-state index in [0.717, 1.165) is 38.3 Å². The molecule has 0 bridgehead atoms. The topological polar surface area (TPSA) is 32.8 Å². The van der Waals surface area contributed by atoms with Gasteiger partial charge < -0.3 is 14.5 Å². The number of amides is 1. The van der Waals surface area contributed by atoms with Gasteiger partial charge in [0.25, 0.3) is 0 Å². The summed E-state index contributed by atoms with van der Waals surface area (Å²) in [6.45, 7) is 7.89. The number of hydrogen-bond donors (Lipinski definition) is 0. The zero-order valence-electron chi connectivity index (χ0n) is 14.6. The molecule has 2 aliphatic heterocycles. The Labute approximate surface area is 140 Å². The molecule has 130 valence electrons. The van der Waals surface area contributed by atoms with Crippen LogP contribution in [0.3, 0.4) is 0 Å². The minimum Gasteiger partial charge on any atom is -0.381 e. The summed E-state index contributed by atoms with van der Waals surface area (Å²) in [5.74, 6) is 1.63. The molecule has 2 saturated carbocycles. The fraction of sp³-hybridized carbons (Fsp3) is 0.947. The predicted molar refractivity (Wildman–Crippen MR) is 90.2 cm³/mol. The third kappa shape index (κ3) is 3.30. The van der Waals surface area contributed by atoms with Crippen LogP contribution in [0.4, 0.5) is 0 Å². The maximum Gasteiger partial charge on any atom is 0.219 e. The maximum atomic E-state index is 11.9. The second kappa shape index (κ2) is 6.36. The fourth-order valence-corrected chi connectivity index (χ4v) is 4.82. The zero-order chi connectivity index (χ0) is 15.9. The number of ether oxygens (including phenoxy) is 1. The second-order valence-electron chi connectivity index (χ2n) is 8.56. The van der Waals surface area contributed by atoms with Crippen LogP contribution in [-0.4, -0.2) is 61.1 Å². The van der Waals surface area contributed by atoms with E-state index in [1.54, 1.807) is 6.92 Å². The Bertz CT molecular complexity index is 437. The lowest BCUT2D eigenvalue weighted by Crippen LogP contribution is -2.50. The number of hydrogen-bond acceptors (Lipinski definition) is 3. The van der Waals surface area contributed by atoms with E-state index in [-0.39, 0.29) is 5.91 Å². The van der Waals surface area contributed by atoms with Gasteiger partial charge in [-0.3, -0.25) is 4.79 Å². The van der Waals surface area contributed by atoms with Gasteiger partial charge in [0.1, 0.15) is 0 Å². The molecule has 0 radical (unpaired) electrons. The van der Waals surface area contributed by atoms with Crippen LogP contribution in [0.2, 0.25) is 0 Å². The van der Waals surface area contributed by atoms with Gasteiger partial charge in [-0.1, -0.05) is 6.42 Å². The van der Waals surface area contributed by atoms with Gasteiger partial charge in [0, 0.05) is 38.6 Å². The second-order valence-corrected chi connectivity index (χ2v) is 8.56. The smallest absolute Gasteiger partial charge is 0.219 e. The quantitative estimate of drug-likeness (QED) is 0.780. The number of likely N-dealkylation sites (tertiary alicyclic amines) is 2. The first-order valence-corrected chi connectivity index (χ1v) is 9.74. The third-order valence-corrected chi connectivity index (χ3v) is 7.01. The Morgan fingerprint density at radius 1 is 1.13 bits per heavy atom. The van der Waals surface area contributed by atoms with Gasteiger partial charge in [-0.15, -0.1) is 0 Å². The van der Waals surface area contributed by atoms with E-state index in [1.165, 1.54) is 58.0 Å². The van der Waals surface area contributed by atoms with Crippen LogP contribution in [0.25, 0.3) is 0 Å². The lowest BCUT2D eigenvalue weighted by molar-refractivity contribution is -0.128. The molecule has 0 aromatic rings. The SMILES string of the molecule is CC(=O)N1CC(COCC2CC2)C2(CCN(C3CCC3)CC2)C1. The van der Waals surface area contributed by atoms with Crippen LogP contribution in [0.1, 0.15) is 51.9 Å². The molecule has 0 aromatic heterocycles. The van der Waals surface area contributed by atoms with Crippen molar-refractivity contribution in [1.29, 1.82) is 0 Å². The van der Waals surface area contributed by atoms with E-state index in [9.17, 15) is 4.79 Å². The van der Waals surface area contributed by atoms with Gasteiger partial charge in [-0.2, -0.15) is 0 Å². The number of nitrogens with zero attached hydrogens (tertiary/aromatic N) is 2. The molecule has 2 aliphatic carbocycles. The molecule has 1 amide bonds. The molecule has 4 nitrogen and oxygen atoms in total. The summed E-state index contributed by atoms with van der Waals surface area (Å²) in [6, 6.07) is 0.863. The molecular weight excluding hydrogens is 288 g/mol.